The summed E-state index contributed by atoms with van der Waals surface area (Å²) in [5, 5.41) is 26.9. The maximum atomic E-state index is 13.4. The van der Waals surface area contributed by atoms with Crippen molar-refractivity contribution in [2.45, 2.75) is 32.7 Å². The van der Waals surface area contributed by atoms with E-state index in [0.717, 1.165) is 34.0 Å². The zero-order valence-electron chi connectivity index (χ0n) is 17.3. The van der Waals surface area contributed by atoms with Crippen LogP contribution in [0.15, 0.2) is 60.2 Å². The van der Waals surface area contributed by atoms with E-state index in [9.17, 15) is 20.0 Å². The van der Waals surface area contributed by atoms with Crippen LogP contribution in [-0.2, 0) is 4.79 Å². The number of carbonyl (C=O) groups is 1. The number of nitrogens with one attached hydrogen (secondary N) is 1. The third-order valence-corrected chi connectivity index (χ3v) is 6.27. The van der Waals surface area contributed by atoms with Crippen LogP contribution in [0.4, 0.5) is 11.4 Å². The van der Waals surface area contributed by atoms with Crippen molar-refractivity contribution in [3.05, 3.63) is 81.4 Å². The van der Waals surface area contributed by atoms with E-state index < -0.39 is 11.0 Å². The summed E-state index contributed by atoms with van der Waals surface area (Å²) < 4.78 is 0. The summed E-state index contributed by atoms with van der Waals surface area (Å²) in [6.45, 7) is 4.20. The summed E-state index contributed by atoms with van der Waals surface area (Å²) in [4.78, 5) is 24.2. The molecule has 6 heteroatoms. The first-order chi connectivity index (χ1) is 14.7. The number of anilines is 1. The number of hydrogen-bond acceptors (Lipinski definition) is 5. The molecule has 0 saturated carbocycles. The predicted molar refractivity (Wildman–Crippen MR) is 120 cm³/mol. The van der Waals surface area contributed by atoms with Gasteiger partial charge in [-0.3, -0.25) is 14.9 Å². The Morgan fingerprint density at radius 2 is 1.87 bits per heavy atom. The lowest BCUT2D eigenvalue weighted by Gasteiger charge is -2.40. The number of nitro benzene ring substituents is 1. The van der Waals surface area contributed by atoms with Crippen LogP contribution in [-0.4, -0.2) is 15.8 Å². The Hall–Kier alpha value is -3.67. The van der Waals surface area contributed by atoms with E-state index in [1.165, 1.54) is 12.1 Å². The van der Waals surface area contributed by atoms with Crippen LogP contribution >= 0.6 is 0 Å². The van der Waals surface area contributed by atoms with Crippen molar-refractivity contribution in [2.75, 3.05) is 5.32 Å². The first kappa shape index (κ1) is 19.3. The van der Waals surface area contributed by atoms with Gasteiger partial charge in [0.15, 0.2) is 11.5 Å². The van der Waals surface area contributed by atoms with Crippen molar-refractivity contribution in [2.24, 2.45) is 5.41 Å². The molecule has 5 rings (SSSR count). The molecule has 1 aliphatic carbocycles. The third kappa shape index (κ3) is 3.06. The fraction of sp³-hybridized carbons (Fsp3) is 0.240. The number of benzene rings is 3. The summed E-state index contributed by atoms with van der Waals surface area (Å²) in [5.74, 6) is -0.334. The van der Waals surface area contributed by atoms with Crippen LogP contribution in [0, 0.1) is 15.5 Å². The smallest absolute Gasteiger partial charge is 0.311 e. The van der Waals surface area contributed by atoms with Crippen molar-refractivity contribution in [3.63, 3.8) is 0 Å². The molecule has 1 heterocycles. The Kier molecular flexibility index (Phi) is 4.15. The second kappa shape index (κ2) is 6.67. The van der Waals surface area contributed by atoms with Gasteiger partial charge in [-0.05, 0) is 45.9 Å². The van der Waals surface area contributed by atoms with Crippen LogP contribution in [0.5, 0.6) is 5.75 Å². The van der Waals surface area contributed by atoms with Gasteiger partial charge in [-0.1, -0.05) is 50.2 Å². The van der Waals surface area contributed by atoms with E-state index in [0.29, 0.717) is 17.6 Å². The number of allylic oxidation sites excluding steroid dienone is 1. The number of fused-ring (bicyclic) bond motifs is 4. The van der Waals surface area contributed by atoms with E-state index >= 15 is 0 Å². The Morgan fingerprint density at radius 1 is 1.10 bits per heavy atom. The average Bonchev–Trinajstić information content (AvgIpc) is 2.72. The van der Waals surface area contributed by atoms with Gasteiger partial charge in [0.2, 0.25) is 0 Å². The molecular formula is C25H22N2O4. The topological polar surface area (TPSA) is 92.5 Å². The van der Waals surface area contributed by atoms with E-state index in [4.69, 9.17) is 0 Å². The first-order valence-electron chi connectivity index (χ1n) is 10.3. The van der Waals surface area contributed by atoms with Crippen molar-refractivity contribution < 1.29 is 14.8 Å². The number of ketones is 1. The van der Waals surface area contributed by atoms with Gasteiger partial charge in [-0.15, -0.1) is 0 Å². The molecule has 3 aromatic rings. The summed E-state index contributed by atoms with van der Waals surface area (Å²) in [7, 11) is 0. The van der Waals surface area contributed by atoms with E-state index in [1.54, 1.807) is 6.07 Å². The number of rotatable bonds is 2. The highest BCUT2D eigenvalue weighted by atomic mass is 16.6. The van der Waals surface area contributed by atoms with E-state index in [2.05, 4.69) is 31.3 Å². The molecule has 0 aromatic heterocycles. The quantitative estimate of drug-likeness (QED) is 0.411. The fourth-order valence-electron chi connectivity index (χ4n) is 4.95. The number of nitrogens with zero attached hydrogens (tertiary/aromatic N) is 1. The molecule has 0 amide bonds. The molecule has 0 saturated heterocycles. The number of Topliss-reactive ketones (excluding diaryl/α,β-unsaturated/α-hetero) is 1. The largest absolute Gasteiger partial charge is 0.502 e. The van der Waals surface area contributed by atoms with Crippen molar-refractivity contribution >= 4 is 33.5 Å². The monoisotopic (exact) mass is 414 g/mol. The van der Waals surface area contributed by atoms with E-state index in [-0.39, 0.29) is 22.6 Å². The zero-order valence-corrected chi connectivity index (χ0v) is 17.3. The van der Waals surface area contributed by atoms with Gasteiger partial charge >= 0.3 is 5.69 Å². The van der Waals surface area contributed by atoms with Gasteiger partial charge < -0.3 is 10.4 Å². The lowest BCUT2D eigenvalue weighted by molar-refractivity contribution is -0.385. The molecule has 0 spiro atoms. The van der Waals surface area contributed by atoms with Gasteiger partial charge in [0.1, 0.15) is 0 Å². The maximum Gasteiger partial charge on any atom is 0.311 e. The molecule has 2 aliphatic rings. The van der Waals surface area contributed by atoms with Gasteiger partial charge in [-0.25, -0.2) is 0 Å². The van der Waals surface area contributed by atoms with Crippen LogP contribution < -0.4 is 5.32 Å². The number of phenolic OH excluding ortho intramolecular Hbond substituents is 1. The molecule has 0 fully saturated rings. The van der Waals surface area contributed by atoms with Crippen molar-refractivity contribution in [1.82, 2.24) is 0 Å². The molecule has 0 radical (unpaired) electrons. The minimum absolute atomic E-state index is 0.0538. The average molecular weight is 414 g/mol. The van der Waals surface area contributed by atoms with Crippen molar-refractivity contribution in [3.8, 4) is 5.75 Å². The molecule has 1 aliphatic heterocycles. The molecule has 31 heavy (non-hydrogen) atoms. The van der Waals surface area contributed by atoms with Gasteiger partial charge in [0, 0.05) is 29.3 Å². The number of phenols is 1. The maximum absolute atomic E-state index is 13.4. The first-order valence-corrected chi connectivity index (χ1v) is 10.3. The summed E-state index contributed by atoms with van der Waals surface area (Å²) in [5.41, 5.74) is 3.67. The molecule has 0 bridgehead atoms. The summed E-state index contributed by atoms with van der Waals surface area (Å²) in [6.07, 6.45) is 1.16. The third-order valence-electron chi connectivity index (χ3n) is 6.27. The standard InChI is InChI=1S/C25H22N2O4/c1-25(2)12-17-22-16-6-4-3-5-14(16)7-9-18(22)26-24(23(17)21(29)13-25)15-8-10-20(28)19(11-15)27(30)31/h3-11,24,26,28H,12-13H2,1-2H3/t24-/m1/s1. The fourth-order valence-corrected chi connectivity index (χ4v) is 4.95. The van der Waals surface area contributed by atoms with Gasteiger partial charge in [0.05, 0.1) is 11.0 Å². The summed E-state index contributed by atoms with van der Waals surface area (Å²) >= 11 is 0. The highest BCUT2D eigenvalue weighted by Gasteiger charge is 2.41. The molecule has 0 unspecified atom stereocenters. The number of aromatic hydroxyl groups is 1. The number of carbonyl (C=O) groups excluding carboxylic acids is 1. The second-order valence-electron chi connectivity index (χ2n) is 9.13. The molecule has 2 N–H and O–H groups in total. The lowest BCUT2D eigenvalue weighted by Crippen LogP contribution is -2.33. The number of hydrogen-bond donors (Lipinski definition) is 2. The number of nitro groups is 1. The lowest BCUT2D eigenvalue weighted by atomic mass is 9.68. The minimum atomic E-state index is -0.607. The van der Waals surface area contributed by atoms with Crippen LogP contribution in [0.25, 0.3) is 16.3 Å². The normalized spacial score (nSPS) is 19.5. The van der Waals surface area contributed by atoms with Gasteiger partial charge in [0.25, 0.3) is 0 Å². The van der Waals surface area contributed by atoms with E-state index in [1.807, 2.05) is 24.3 Å². The molecular weight excluding hydrogens is 392 g/mol. The Morgan fingerprint density at radius 3 is 2.65 bits per heavy atom. The SMILES string of the molecule is CC1(C)CC(=O)C2=C(C1)c1c(ccc3ccccc13)N[C@@H]2c1ccc(O)c([N+](=O)[O-])c1. The summed E-state index contributed by atoms with van der Waals surface area (Å²) in [6, 6.07) is 16.0. The van der Waals surface area contributed by atoms with Crippen molar-refractivity contribution in [1.29, 1.82) is 0 Å². The Labute approximate surface area is 179 Å². The molecule has 3 aromatic carbocycles. The van der Waals surface area contributed by atoms with Gasteiger partial charge in [-0.2, -0.15) is 0 Å². The highest BCUT2D eigenvalue weighted by molar-refractivity contribution is 6.12. The molecule has 6 nitrogen and oxygen atoms in total. The Balaban J connectivity index is 1.78. The van der Waals surface area contributed by atoms with Crippen LogP contribution in [0.1, 0.15) is 43.9 Å². The highest BCUT2D eigenvalue weighted by Crippen LogP contribution is 2.52. The predicted octanol–water partition coefficient (Wildman–Crippen LogP) is 5.76. The zero-order chi connectivity index (χ0) is 21.9. The van der Waals surface area contributed by atoms with Crippen LogP contribution in [0.3, 0.4) is 0 Å². The van der Waals surface area contributed by atoms with Crippen LogP contribution in [0.2, 0.25) is 0 Å². The molecule has 1 atom stereocenters. The molecule has 156 valence electrons. The second-order valence-corrected chi connectivity index (χ2v) is 9.13. The Bertz CT molecular complexity index is 1310. The minimum Gasteiger partial charge on any atom is -0.502 e.